The minimum Gasteiger partial charge on any atom is -0.317 e. The monoisotopic (exact) mass is 397 g/mol. The van der Waals surface area contributed by atoms with Gasteiger partial charge in [-0.25, -0.2) is 4.98 Å². The van der Waals surface area contributed by atoms with Gasteiger partial charge in [0.05, 0.1) is 5.69 Å². The number of hydrogen-bond donors (Lipinski definition) is 1. The molecule has 1 aliphatic rings. The molecule has 0 spiro atoms. The Labute approximate surface area is 174 Å². The Kier molecular flexibility index (Phi) is 4.99. The van der Waals surface area contributed by atoms with Gasteiger partial charge in [-0.05, 0) is 56.3 Å². The number of rotatable bonds is 4. The second-order valence-corrected chi connectivity index (χ2v) is 7.48. The molecule has 1 aliphatic heterocycles. The van der Waals surface area contributed by atoms with Gasteiger partial charge >= 0.3 is 0 Å². The van der Waals surface area contributed by atoms with E-state index < -0.39 is 0 Å². The number of para-hydroxylation sites is 2. The molecule has 0 bridgehead atoms. The molecule has 0 atom stereocenters. The Bertz CT molecular complexity index is 1200. The fourth-order valence-electron chi connectivity index (χ4n) is 4.10. The van der Waals surface area contributed by atoms with Crippen molar-refractivity contribution in [3.05, 3.63) is 89.3 Å². The molecule has 2 aromatic carbocycles. The van der Waals surface area contributed by atoms with Crippen molar-refractivity contribution in [3.63, 3.8) is 0 Å². The van der Waals surface area contributed by atoms with E-state index in [0.717, 1.165) is 42.7 Å². The lowest BCUT2D eigenvalue weighted by Gasteiger charge is -2.34. The van der Waals surface area contributed by atoms with Crippen molar-refractivity contribution in [2.45, 2.75) is 18.9 Å². The molecule has 3 heterocycles. The summed E-state index contributed by atoms with van der Waals surface area (Å²) in [6.07, 6.45) is 3.83. The molecule has 1 fully saturated rings. The predicted octanol–water partition coefficient (Wildman–Crippen LogP) is 3.67. The molecule has 1 N–H and O–H groups in total. The van der Waals surface area contributed by atoms with Crippen molar-refractivity contribution < 1.29 is 0 Å². The van der Waals surface area contributed by atoms with Gasteiger partial charge in [-0.3, -0.25) is 9.36 Å². The summed E-state index contributed by atoms with van der Waals surface area (Å²) >= 11 is 0. The molecule has 0 aliphatic carbocycles. The van der Waals surface area contributed by atoms with E-state index in [9.17, 15) is 4.79 Å². The Morgan fingerprint density at radius 1 is 0.900 bits per heavy atom. The fourth-order valence-corrected chi connectivity index (χ4v) is 4.10. The van der Waals surface area contributed by atoms with E-state index >= 15 is 0 Å². The number of piperidine rings is 1. The topological polar surface area (TPSA) is 63.1 Å². The van der Waals surface area contributed by atoms with Crippen LogP contribution < -0.4 is 15.8 Å². The van der Waals surface area contributed by atoms with Gasteiger partial charge in [0.15, 0.2) is 5.65 Å². The first kappa shape index (κ1) is 18.5. The van der Waals surface area contributed by atoms with Crippen LogP contribution in [0.3, 0.4) is 0 Å². The highest BCUT2D eigenvalue weighted by atomic mass is 16.1. The summed E-state index contributed by atoms with van der Waals surface area (Å²) in [7, 11) is 0. The van der Waals surface area contributed by atoms with Crippen LogP contribution in [-0.2, 0) is 0 Å². The maximum absolute atomic E-state index is 12.8. The summed E-state index contributed by atoms with van der Waals surface area (Å²) < 4.78 is 1.66. The van der Waals surface area contributed by atoms with E-state index in [1.807, 2.05) is 54.7 Å². The molecule has 0 radical (unpaired) electrons. The van der Waals surface area contributed by atoms with E-state index in [0.29, 0.717) is 17.6 Å². The first-order chi connectivity index (χ1) is 14.8. The summed E-state index contributed by atoms with van der Waals surface area (Å²) in [6.45, 7) is 1.94. The molecule has 0 unspecified atom stereocenters. The molecule has 2 aromatic heterocycles. The average molecular weight is 397 g/mol. The van der Waals surface area contributed by atoms with Crippen LogP contribution in [0.25, 0.3) is 16.7 Å². The molecule has 1 saturated heterocycles. The molecule has 6 nitrogen and oxygen atoms in total. The molecule has 0 amide bonds. The first-order valence-corrected chi connectivity index (χ1v) is 10.3. The van der Waals surface area contributed by atoms with Crippen LogP contribution in [0.4, 0.5) is 11.6 Å². The van der Waals surface area contributed by atoms with E-state index in [4.69, 9.17) is 9.97 Å². The van der Waals surface area contributed by atoms with Crippen LogP contribution in [0.2, 0.25) is 0 Å². The number of nitrogens with zero attached hydrogens (tertiary/aromatic N) is 4. The summed E-state index contributed by atoms with van der Waals surface area (Å²) in [5.41, 5.74) is 2.37. The van der Waals surface area contributed by atoms with Gasteiger partial charge in [-0.15, -0.1) is 0 Å². The summed E-state index contributed by atoms with van der Waals surface area (Å²) in [6, 6.07) is 23.5. The number of benzene rings is 2. The molecule has 150 valence electrons. The third kappa shape index (κ3) is 3.46. The maximum atomic E-state index is 12.8. The second kappa shape index (κ2) is 8.08. The minimum atomic E-state index is -0.105. The van der Waals surface area contributed by atoms with Crippen LogP contribution >= 0.6 is 0 Å². The van der Waals surface area contributed by atoms with Crippen molar-refractivity contribution in [2.24, 2.45) is 0 Å². The highest BCUT2D eigenvalue weighted by Gasteiger charge is 2.25. The van der Waals surface area contributed by atoms with Crippen LogP contribution in [0, 0.1) is 0 Å². The molecule has 4 aromatic rings. The predicted molar refractivity (Wildman–Crippen MR) is 120 cm³/mol. The Balaban J connectivity index is 1.70. The number of pyridine rings is 1. The second-order valence-electron chi connectivity index (χ2n) is 7.48. The molecule has 5 rings (SSSR count). The van der Waals surface area contributed by atoms with Crippen molar-refractivity contribution >= 4 is 22.7 Å². The number of fused-ring (bicyclic) bond motifs is 1. The summed E-state index contributed by atoms with van der Waals surface area (Å²) in [5.74, 6) is 0.621. The minimum absolute atomic E-state index is 0.105. The Morgan fingerprint density at radius 3 is 2.33 bits per heavy atom. The lowest BCUT2D eigenvalue weighted by molar-refractivity contribution is 0.449. The quantitative estimate of drug-likeness (QED) is 0.569. The van der Waals surface area contributed by atoms with Gasteiger partial charge in [0.2, 0.25) is 5.95 Å². The SMILES string of the molecule is O=c1ccc2cnc(N(c3ccccc3)C3CCNCC3)nc2n1-c1ccccc1. The molecule has 0 saturated carbocycles. The highest BCUT2D eigenvalue weighted by Crippen LogP contribution is 2.29. The zero-order valence-electron chi connectivity index (χ0n) is 16.6. The van der Waals surface area contributed by atoms with Crippen molar-refractivity contribution in [2.75, 3.05) is 18.0 Å². The molecule has 30 heavy (non-hydrogen) atoms. The van der Waals surface area contributed by atoms with Gasteiger partial charge in [-0.1, -0.05) is 36.4 Å². The van der Waals surface area contributed by atoms with Crippen molar-refractivity contribution in [3.8, 4) is 5.69 Å². The summed E-state index contributed by atoms with van der Waals surface area (Å²) in [5, 5.41) is 4.26. The van der Waals surface area contributed by atoms with E-state index in [1.165, 1.54) is 0 Å². The van der Waals surface area contributed by atoms with Crippen LogP contribution in [-0.4, -0.2) is 33.7 Å². The fraction of sp³-hybridized carbons (Fsp3) is 0.208. The largest absolute Gasteiger partial charge is 0.317 e. The van der Waals surface area contributed by atoms with Gasteiger partial charge in [0.25, 0.3) is 5.56 Å². The van der Waals surface area contributed by atoms with E-state index in [-0.39, 0.29) is 5.56 Å². The first-order valence-electron chi connectivity index (χ1n) is 10.3. The summed E-state index contributed by atoms with van der Waals surface area (Å²) in [4.78, 5) is 24.6. The van der Waals surface area contributed by atoms with Crippen LogP contribution in [0.1, 0.15) is 12.8 Å². The number of hydrogen-bond acceptors (Lipinski definition) is 5. The lowest BCUT2D eigenvalue weighted by Crippen LogP contribution is -2.41. The lowest BCUT2D eigenvalue weighted by atomic mass is 10.0. The smallest absolute Gasteiger partial charge is 0.256 e. The van der Waals surface area contributed by atoms with Crippen LogP contribution in [0.5, 0.6) is 0 Å². The van der Waals surface area contributed by atoms with Gasteiger partial charge in [-0.2, -0.15) is 4.98 Å². The van der Waals surface area contributed by atoms with E-state index in [1.54, 1.807) is 16.7 Å². The molecular formula is C24H23N5O. The highest BCUT2D eigenvalue weighted by molar-refractivity contribution is 5.77. The third-order valence-electron chi connectivity index (χ3n) is 5.56. The van der Waals surface area contributed by atoms with Crippen LogP contribution in [0.15, 0.2) is 83.8 Å². The van der Waals surface area contributed by atoms with Gasteiger partial charge < -0.3 is 10.2 Å². The van der Waals surface area contributed by atoms with E-state index in [2.05, 4.69) is 22.3 Å². The Hall–Kier alpha value is -3.51. The Morgan fingerprint density at radius 2 is 1.60 bits per heavy atom. The number of aromatic nitrogens is 3. The number of anilines is 2. The number of nitrogens with one attached hydrogen (secondary N) is 1. The maximum Gasteiger partial charge on any atom is 0.256 e. The zero-order chi connectivity index (χ0) is 20.3. The molecular weight excluding hydrogens is 374 g/mol. The normalized spacial score (nSPS) is 14.7. The standard InChI is InChI=1S/C24H23N5O/c30-22-12-11-18-17-26-24(27-23(18)29(22)20-9-5-2-6-10-20)28(19-7-3-1-4-8-19)21-13-15-25-16-14-21/h1-12,17,21,25H,13-16H2. The average Bonchev–Trinajstić information content (AvgIpc) is 2.81. The zero-order valence-corrected chi connectivity index (χ0v) is 16.6. The van der Waals surface area contributed by atoms with Crippen molar-refractivity contribution in [1.29, 1.82) is 0 Å². The van der Waals surface area contributed by atoms with Gasteiger partial charge in [0.1, 0.15) is 0 Å². The van der Waals surface area contributed by atoms with Crippen molar-refractivity contribution in [1.82, 2.24) is 19.9 Å². The molecule has 6 heteroatoms. The van der Waals surface area contributed by atoms with Gasteiger partial charge in [0, 0.05) is 29.4 Å². The third-order valence-corrected chi connectivity index (χ3v) is 5.56.